The number of likely N-dealkylation sites (tertiary alicyclic amines) is 2. The van der Waals surface area contributed by atoms with Crippen molar-refractivity contribution in [3.05, 3.63) is 59.1 Å². The molecular weight excluding hydrogens is 568 g/mol. The zero-order valence-electron chi connectivity index (χ0n) is 22.2. The van der Waals surface area contributed by atoms with E-state index in [1.807, 2.05) is 4.90 Å². The zero-order valence-corrected chi connectivity index (χ0v) is 24.6. The number of hydrogen-bond donors (Lipinski definition) is 1. The fourth-order valence-electron chi connectivity index (χ4n) is 6.24. The first-order chi connectivity index (χ1) is 19.3. The zero-order chi connectivity index (χ0) is 27.9. The van der Waals surface area contributed by atoms with Gasteiger partial charge in [-0.2, -0.15) is 4.72 Å². The van der Waals surface area contributed by atoms with Crippen molar-refractivity contribution < 1.29 is 18.0 Å². The Morgan fingerprint density at radius 1 is 1.00 bits per heavy atom. The van der Waals surface area contributed by atoms with Crippen LogP contribution in [0.1, 0.15) is 37.7 Å². The molecule has 3 aliphatic heterocycles. The van der Waals surface area contributed by atoms with Crippen molar-refractivity contribution in [2.75, 3.05) is 37.6 Å². The molecule has 2 amide bonds. The third-order valence-corrected chi connectivity index (χ3v) is 11.5. The van der Waals surface area contributed by atoms with Crippen LogP contribution >= 0.6 is 22.9 Å². The average molecular weight is 601 g/mol. The first-order valence-electron chi connectivity index (χ1n) is 13.9. The van der Waals surface area contributed by atoms with E-state index in [1.165, 1.54) is 16.2 Å². The van der Waals surface area contributed by atoms with E-state index in [-0.39, 0.29) is 28.6 Å². The molecule has 1 aromatic heterocycles. The van der Waals surface area contributed by atoms with E-state index < -0.39 is 16.1 Å². The Kier molecular flexibility index (Phi) is 7.78. The minimum absolute atomic E-state index is 0.0223. The molecule has 2 saturated heterocycles. The predicted molar refractivity (Wildman–Crippen MR) is 158 cm³/mol. The van der Waals surface area contributed by atoms with Crippen LogP contribution in [0.4, 0.5) is 5.69 Å². The molecule has 2 unspecified atom stereocenters. The van der Waals surface area contributed by atoms with Gasteiger partial charge in [0.2, 0.25) is 11.8 Å². The van der Waals surface area contributed by atoms with Crippen molar-refractivity contribution >= 4 is 60.5 Å². The highest BCUT2D eigenvalue weighted by Crippen LogP contribution is 2.32. The smallest absolute Gasteiger partial charge is 0.250 e. The number of para-hydroxylation sites is 1. The fourth-order valence-corrected chi connectivity index (χ4v) is 9.04. The maximum atomic E-state index is 13.5. The normalized spacial score (nSPS) is 21.7. The number of fused-ring (bicyclic) bond motifs is 2. The molecule has 4 heterocycles. The van der Waals surface area contributed by atoms with Crippen molar-refractivity contribution in [1.29, 1.82) is 0 Å². The van der Waals surface area contributed by atoms with Crippen molar-refractivity contribution in [2.24, 2.45) is 0 Å². The molecule has 6 rings (SSSR count). The van der Waals surface area contributed by atoms with E-state index >= 15 is 0 Å². The number of nitrogens with zero attached hydrogens (tertiary/aromatic N) is 3. The Balaban J connectivity index is 1.10. The van der Waals surface area contributed by atoms with Gasteiger partial charge in [0.05, 0.1) is 6.54 Å². The predicted octanol–water partition coefficient (Wildman–Crippen LogP) is 4.27. The number of thiophene rings is 1. The second kappa shape index (κ2) is 11.3. The number of amides is 2. The molecule has 3 aliphatic rings. The van der Waals surface area contributed by atoms with Crippen LogP contribution in [0.2, 0.25) is 5.02 Å². The number of aryl methyl sites for hydroxylation is 1. The van der Waals surface area contributed by atoms with Gasteiger partial charge in [-0.25, -0.2) is 8.42 Å². The Labute approximate surface area is 243 Å². The largest absolute Gasteiger partial charge is 0.369 e. The maximum absolute atomic E-state index is 13.5. The topological polar surface area (TPSA) is 90.0 Å². The van der Waals surface area contributed by atoms with Gasteiger partial charge in [-0.15, -0.1) is 11.3 Å². The molecule has 11 heteroatoms. The number of carbonyl (C=O) groups is 2. The van der Waals surface area contributed by atoms with Crippen LogP contribution in [0.25, 0.3) is 10.1 Å². The van der Waals surface area contributed by atoms with Crippen molar-refractivity contribution in [2.45, 2.75) is 54.8 Å². The first kappa shape index (κ1) is 27.5. The highest BCUT2D eigenvalue weighted by Gasteiger charge is 2.37. The molecule has 212 valence electrons. The van der Waals surface area contributed by atoms with E-state index in [4.69, 9.17) is 11.6 Å². The van der Waals surface area contributed by atoms with Gasteiger partial charge in [0.15, 0.2) is 0 Å². The highest BCUT2D eigenvalue weighted by molar-refractivity contribution is 7.91. The van der Waals surface area contributed by atoms with Crippen LogP contribution in [0, 0.1) is 0 Å². The Bertz CT molecular complexity index is 1540. The van der Waals surface area contributed by atoms with E-state index in [9.17, 15) is 18.0 Å². The maximum Gasteiger partial charge on any atom is 0.250 e. The summed E-state index contributed by atoms with van der Waals surface area (Å²) in [4.78, 5) is 32.7. The molecule has 2 aromatic carbocycles. The van der Waals surface area contributed by atoms with Gasteiger partial charge in [0, 0.05) is 47.6 Å². The average Bonchev–Trinajstić information content (AvgIpc) is 3.58. The summed E-state index contributed by atoms with van der Waals surface area (Å²) in [5, 5.41) is 1.28. The molecule has 2 fully saturated rings. The van der Waals surface area contributed by atoms with Gasteiger partial charge in [-0.05, 0) is 79.8 Å². The van der Waals surface area contributed by atoms with Crippen molar-refractivity contribution in [1.82, 2.24) is 14.5 Å². The fraction of sp³-hybridized carbons (Fsp3) is 0.448. The monoisotopic (exact) mass is 600 g/mol. The van der Waals surface area contributed by atoms with Crippen molar-refractivity contribution in [3.63, 3.8) is 0 Å². The first-order valence-corrected chi connectivity index (χ1v) is 16.6. The number of sulfonamides is 1. The van der Waals surface area contributed by atoms with E-state index in [0.717, 1.165) is 60.2 Å². The second-order valence-electron chi connectivity index (χ2n) is 10.9. The van der Waals surface area contributed by atoms with E-state index in [1.54, 1.807) is 24.3 Å². The molecule has 0 aliphatic carbocycles. The number of nitrogens with one attached hydrogen (secondary N) is 1. The molecule has 0 radical (unpaired) electrons. The second-order valence-corrected chi connectivity index (χ2v) is 14.3. The summed E-state index contributed by atoms with van der Waals surface area (Å²) in [5.41, 5.74) is 2.62. The van der Waals surface area contributed by atoms with Crippen LogP contribution in [0.5, 0.6) is 0 Å². The number of benzene rings is 2. The Morgan fingerprint density at radius 3 is 2.67 bits per heavy atom. The van der Waals surface area contributed by atoms with Crippen LogP contribution in [-0.2, 0) is 26.0 Å². The van der Waals surface area contributed by atoms with Crippen LogP contribution < -0.4 is 9.62 Å². The van der Waals surface area contributed by atoms with Gasteiger partial charge < -0.3 is 14.7 Å². The number of halogens is 1. The van der Waals surface area contributed by atoms with Crippen LogP contribution in [0.15, 0.2) is 52.7 Å². The molecule has 8 nitrogen and oxygen atoms in total. The lowest BCUT2D eigenvalue weighted by atomic mass is 10.0. The summed E-state index contributed by atoms with van der Waals surface area (Å²) in [6.45, 7) is 2.88. The van der Waals surface area contributed by atoms with Gasteiger partial charge >= 0.3 is 0 Å². The molecule has 0 spiro atoms. The van der Waals surface area contributed by atoms with E-state index in [0.29, 0.717) is 31.0 Å². The summed E-state index contributed by atoms with van der Waals surface area (Å²) >= 11 is 7.20. The molecule has 3 aromatic rings. The lowest BCUT2D eigenvalue weighted by Crippen LogP contribution is -2.55. The summed E-state index contributed by atoms with van der Waals surface area (Å²) in [7, 11) is -3.91. The number of carbonyl (C=O) groups excluding carboxylic acids is 2. The van der Waals surface area contributed by atoms with Crippen molar-refractivity contribution in [3.8, 4) is 0 Å². The molecule has 0 bridgehead atoms. The van der Waals surface area contributed by atoms with Crippen LogP contribution in [-0.4, -0.2) is 74.8 Å². The lowest BCUT2D eigenvalue weighted by molar-refractivity contribution is -0.143. The molecule has 40 heavy (non-hydrogen) atoms. The summed E-state index contributed by atoms with van der Waals surface area (Å²) < 4.78 is 29.9. The Morgan fingerprint density at radius 2 is 1.80 bits per heavy atom. The summed E-state index contributed by atoms with van der Waals surface area (Å²) in [6.07, 6.45) is 5.11. The summed E-state index contributed by atoms with van der Waals surface area (Å²) in [5.74, 6) is -0.404. The molecule has 0 saturated carbocycles. The van der Waals surface area contributed by atoms with Gasteiger partial charge in [0.25, 0.3) is 10.0 Å². The van der Waals surface area contributed by atoms with Crippen LogP contribution in [0.3, 0.4) is 0 Å². The number of rotatable bonds is 7. The standard InChI is InChI=1S/C29H33ClN4O4S2/c30-22-11-12-26-21(16-22)17-28(39-26)40(37,38)31-24-9-5-14-33(29(24)36)19-27(35)34-15-4-8-23(34)18-32-13-3-7-20-6-1-2-10-25(20)32/h1-2,6,10-12,16-17,23-24,31H,3-5,7-9,13-15,18-19H2. The Hall–Kier alpha value is -2.66. The molecule has 1 N–H and O–H groups in total. The van der Waals surface area contributed by atoms with Gasteiger partial charge in [-0.3, -0.25) is 9.59 Å². The number of anilines is 1. The third-order valence-electron chi connectivity index (χ3n) is 8.21. The van der Waals surface area contributed by atoms with E-state index in [2.05, 4.69) is 33.9 Å². The number of hydrogen-bond acceptors (Lipinski definition) is 6. The minimum atomic E-state index is -3.91. The molecular formula is C29H33ClN4O4S2. The summed E-state index contributed by atoms with van der Waals surface area (Å²) in [6, 6.07) is 14.5. The van der Waals surface area contributed by atoms with Gasteiger partial charge in [-0.1, -0.05) is 29.8 Å². The SMILES string of the molecule is O=C1C(NS(=O)(=O)c2cc3cc(Cl)ccc3s2)CCCN1CC(=O)N1CCCC1CN1CCCc2ccccc21. The highest BCUT2D eigenvalue weighted by atomic mass is 35.5. The molecule has 2 atom stereocenters. The third kappa shape index (κ3) is 5.59. The van der Waals surface area contributed by atoms with Gasteiger partial charge in [0.1, 0.15) is 10.3 Å². The quantitative estimate of drug-likeness (QED) is 0.438. The number of piperidine rings is 1. The lowest BCUT2D eigenvalue weighted by Gasteiger charge is -2.37. The minimum Gasteiger partial charge on any atom is -0.369 e.